The lowest BCUT2D eigenvalue weighted by atomic mass is 10.2. The van der Waals surface area contributed by atoms with Crippen molar-refractivity contribution in [2.45, 2.75) is 12.8 Å². The summed E-state index contributed by atoms with van der Waals surface area (Å²) in [7, 11) is 0. The molecule has 0 bridgehead atoms. The number of nitrogens with one attached hydrogen (secondary N) is 1. The second-order valence-electron chi connectivity index (χ2n) is 4.07. The molecule has 2 rings (SSSR count). The van der Waals surface area contributed by atoms with Crippen molar-refractivity contribution in [3.8, 4) is 0 Å². The molecule has 1 aromatic carbocycles. The molecule has 92 valence electrons. The van der Waals surface area contributed by atoms with Crippen molar-refractivity contribution >= 4 is 28.9 Å². The molecule has 0 saturated carbocycles. The van der Waals surface area contributed by atoms with Gasteiger partial charge in [0.15, 0.2) is 0 Å². The van der Waals surface area contributed by atoms with Crippen LogP contribution in [0.15, 0.2) is 18.2 Å². The van der Waals surface area contributed by atoms with E-state index in [0.717, 1.165) is 31.6 Å². The number of halogens is 2. The summed E-state index contributed by atoms with van der Waals surface area (Å²) >= 11 is 5.39. The van der Waals surface area contributed by atoms with Crippen LogP contribution in [0.1, 0.15) is 12.8 Å². The topological polar surface area (TPSA) is 32.3 Å². The average Bonchev–Trinajstić information content (AvgIpc) is 2.81. The first-order chi connectivity index (χ1) is 8.19. The van der Waals surface area contributed by atoms with E-state index in [1.165, 1.54) is 12.1 Å². The Morgan fingerprint density at radius 3 is 2.71 bits per heavy atom. The molecule has 0 aromatic heterocycles. The van der Waals surface area contributed by atoms with E-state index in [9.17, 15) is 9.18 Å². The van der Waals surface area contributed by atoms with Gasteiger partial charge in [-0.1, -0.05) is 0 Å². The van der Waals surface area contributed by atoms with Crippen LogP contribution in [-0.4, -0.2) is 24.9 Å². The molecule has 1 saturated heterocycles. The van der Waals surface area contributed by atoms with E-state index in [2.05, 4.69) is 10.2 Å². The largest absolute Gasteiger partial charge is 0.371 e. The highest BCUT2D eigenvalue weighted by Gasteiger charge is 2.14. The van der Waals surface area contributed by atoms with Gasteiger partial charge in [0.2, 0.25) is 5.91 Å². The zero-order valence-corrected chi connectivity index (χ0v) is 10.1. The Bertz CT molecular complexity index is 419. The molecule has 3 nitrogen and oxygen atoms in total. The molecule has 1 aliphatic rings. The van der Waals surface area contributed by atoms with Crippen molar-refractivity contribution in [3.63, 3.8) is 0 Å². The van der Waals surface area contributed by atoms with Gasteiger partial charge in [0.05, 0.1) is 0 Å². The predicted molar refractivity (Wildman–Crippen MR) is 67.2 cm³/mol. The van der Waals surface area contributed by atoms with Gasteiger partial charge >= 0.3 is 0 Å². The second-order valence-corrected chi connectivity index (χ2v) is 4.34. The summed E-state index contributed by atoms with van der Waals surface area (Å²) in [5, 5.41) is 2.56. The first-order valence-corrected chi connectivity index (χ1v) is 6.14. The smallest absolute Gasteiger partial charge is 0.239 e. The fourth-order valence-corrected chi connectivity index (χ4v) is 2.07. The number of alkyl halides is 1. The predicted octanol–water partition coefficient (Wildman–Crippen LogP) is 2.60. The van der Waals surface area contributed by atoms with Crippen LogP contribution in [-0.2, 0) is 4.79 Å². The van der Waals surface area contributed by atoms with Crippen molar-refractivity contribution < 1.29 is 9.18 Å². The fourth-order valence-electron chi connectivity index (χ4n) is 2.00. The molecule has 1 amide bonds. The maximum absolute atomic E-state index is 13.4. The third kappa shape index (κ3) is 3.09. The maximum atomic E-state index is 13.4. The van der Waals surface area contributed by atoms with Gasteiger partial charge in [-0.25, -0.2) is 4.39 Å². The summed E-state index contributed by atoms with van der Waals surface area (Å²) in [4.78, 5) is 13.3. The summed E-state index contributed by atoms with van der Waals surface area (Å²) in [6.45, 7) is 1.87. The van der Waals surface area contributed by atoms with Gasteiger partial charge in [0, 0.05) is 24.5 Å². The van der Waals surface area contributed by atoms with E-state index in [1.807, 2.05) is 0 Å². The number of hydrogen-bond acceptors (Lipinski definition) is 2. The number of carbonyl (C=O) groups is 1. The summed E-state index contributed by atoms with van der Waals surface area (Å²) in [5.41, 5.74) is 1.27. The van der Waals surface area contributed by atoms with Gasteiger partial charge in [-0.05, 0) is 31.0 Å². The van der Waals surface area contributed by atoms with Crippen LogP contribution in [0.4, 0.5) is 15.8 Å². The number of nitrogens with zero attached hydrogens (tertiary/aromatic N) is 1. The van der Waals surface area contributed by atoms with Gasteiger partial charge in [-0.15, -0.1) is 11.6 Å². The van der Waals surface area contributed by atoms with Gasteiger partial charge in [0.25, 0.3) is 0 Å². The van der Waals surface area contributed by atoms with Crippen LogP contribution < -0.4 is 10.2 Å². The van der Waals surface area contributed by atoms with E-state index in [1.54, 1.807) is 6.07 Å². The third-order valence-corrected chi connectivity index (χ3v) is 3.00. The normalized spacial score (nSPS) is 15.1. The first-order valence-electron chi connectivity index (χ1n) is 5.60. The summed E-state index contributed by atoms with van der Waals surface area (Å²) in [5.74, 6) is -0.806. The number of benzene rings is 1. The highest BCUT2D eigenvalue weighted by molar-refractivity contribution is 6.29. The van der Waals surface area contributed by atoms with Crippen LogP contribution in [0.25, 0.3) is 0 Å². The average molecular weight is 257 g/mol. The molecule has 0 spiro atoms. The monoisotopic (exact) mass is 256 g/mol. The molecule has 5 heteroatoms. The SMILES string of the molecule is O=C(CCl)Nc1cc(F)cc(N2CCCC2)c1. The molecular formula is C12H14ClFN2O. The molecule has 0 radical (unpaired) electrons. The van der Waals surface area contributed by atoms with Gasteiger partial charge in [-0.2, -0.15) is 0 Å². The molecule has 1 N–H and O–H groups in total. The van der Waals surface area contributed by atoms with E-state index < -0.39 is 0 Å². The minimum atomic E-state index is -0.348. The van der Waals surface area contributed by atoms with Crippen LogP contribution in [0.5, 0.6) is 0 Å². The first kappa shape index (κ1) is 12.2. The maximum Gasteiger partial charge on any atom is 0.239 e. The standard InChI is InChI=1S/C12H14ClFN2O/c13-8-12(17)15-10-5-9(14)6-11(7-10)16-3-1-2-4-16/h5-7H,1-4,8H2,(H,15,17). The zero-order chi connectivity index (χ0) is 12.3. The van der Waals surface area contributed by atoms with Crippen molar-refractivity contribution in [2.75, 3.05) is 29.2 Å². The van der Waals surface area contributed by atoms with Crippen molar-refractivity contribution in [3.05, 3.63) is 24.0 Å². The van der Waals surface area contributed by atoms with E-state index in [4.69, 9.17) is 11.6 Å². The number of anilines is 2. The minimum absolute atomic E-state index is 0.129. The van der Waals surface area contributed by atoms with Gasteiger partial charge in [0.1, 0.15) is 11.7 Å². The van der Waals surface area contributed by atoms with Crippen molar-refractivity contribution in [1.29, 1.82) is 0 Å². The molecule has 1 heterocycles. The number of rotatable bonds is 3. The molecule has 0 atom stereocenters. The lowest BCUT2D eigenvalue weighted by Gasteiger charge is -2.18. The summed E-state index contributed by atoms with van der Waals surface area (Å²) in [6.07, 6.45) is 2.25. The van der Waals surface area contributed by atoms with E-state index >= 15 is 0 Å². The highest BCUT2D eigenvalue weighted by Crippen LogP contribution is 2.25. The Balaban J connectivity index is 2.19. The van der Waals surface area contributed by atoms with Crippen LogP contribution in [0, 0.1) is 5.82 Å². The van der Waals surface area contributed by atoms with Crippen LogP contribution in [0.2, 0.25) is 0 Å². The van der Waals surface area contributed by atoms with Crippen molar-refractivity contribution in [2.24, 2.45) is 0 Å². The number of hydrogen-bond donors (Lipinski definition) is 1. The Morgan fingerprint density at radius 1 is 1.35 bits per heavy atom. The lowest BCUT2D eigenvalue weighted by Crippen LogP contribution is -2.18. The summed E-state index contributed by atoms with van der Waals surface area (Å²) < 4.78 is 13.4. The van der Waals surface area contributed by atoms with E-state index in [0.29, 0.717) is 5.69 Å². The Labute approximate surface area is 105 Å². The van der Waals surface area contributed by atoms with Gasteiger partial charge in [-0.3, -0.25) is 4.79 Å². The molecule has 0 aliphatic carbocycles. The molecule has 17 heavy (non-hydrogen) atoms. The molecular weight excluding hydrogens is 243 g/mol. The Hall–Kier alpha value is -1.29. The minimum Gasteiger partial charge on any atom is -0.371 e. The number of carbonyl (C=O) groups excluding carboxylic acids is 1. The fraction of sp³-hybridized carbons (Fsp3) is 0.417. The Morgan fingerprint density at radius 2 is 2.06 bits per heavy atom. The van der Waals surface area contributed by atoms with Crippen molar-refractivity contribution in [1.82, 2.24) is 0 Å². The van der Waals surface area contributed by atoms with Crippen LogP contribution in [0.3, 0.4) is 0 Å². The quantitative estimate of drug-likeness (QED) is 0.843. The summed E-state index contributed by atoms with van der Waals surface area (Å²) in [6, 6.07) is 4.56. The van der Waals surface area contributed by atoms with Gasteiger partial charge < -0.3 is 10.2 Å². The van der Waals surface area contributed by atoms with E-state index in [-0.39, 0.29) is 17.6 Å². The highest BCUT2D eigenvalue weighted by atomic mass is 35.5. The molecule has 1 aliphatic heterocycles. The molecule has 0 unspecified atom stereocenters. The number of amides is 1. The zero-order valence-electron chi connectivity index (χ0n) is 9.38. The molecule has 1 fully saturated rings. The second kappa shape index (κ2) is 5.36. The third-order valence-electron chi connectivity index (χ3n) is 2.76. The van der Waals surface area contributed by atoms with Crippen LogP contribution >= 0.6 is 11.6 Å². The lowest BCUT2D eigenvalue weighted by molar-refractivity contribution is -0.113. The Kier molecular flexibility index (Phi) is 3.84. The molecule has 1 aromatic rings.